The van der Waals surface area contributed by atoms with Crippen LogP contribution in [0.15, 0.2) is 84.9 Å². The van der Waals surface area contributed by atoms with E-state index in [1.54, 1.807) is 20.1 Å². The Bertz CT molecular complexity index is 1260. The minimum Gasteiger partial charge on any atom is -0.497 e. The van der Waals surface area contributed by atoms with Crippen LogP contribution in [-0.4, -0.2) is 50.7 Å². The molecule has 0 saturated carbocycles. The highest BCUT2D eigenvalue weighted by Gasteiger charge is 2.20. The van der Waals surface area contributed by atoms with Gasteiger partial charge in [-0.25, -0.2) is 0 Å². The van der Waals surface area contributed by atoms with Gasteiger partial charge in [0.2, 0.25) is 11.8 Å². The van der Waals surface area contributed by atoms with E-state index >= 15 is 0 Å². The van der Waals surface area contributed by atoms with E-state index in [4.69, 9.17) is 14.2 Å². The molecule has 0 aliphatic heterocycles. The summed E-state index contributed by atoms with van der Waals surface area (Å²) in [6.07, 6.45) is 4.96. The van der Waals surface area contributed by atoms with Crippen molar-refractivity contribution < 1.29 is 28.6 Å². The minimum atomic E-state index is -0.768. The van der Waals surface area contributed by atoms with Crippen LogP contribution in [0.2, 0.25) is 0 Å². The van der Waals surface area contributed by atoms with Crippen molar-refractivity contribution in [1.29, 1.82) is 0 Å². The van der Waals surface area contributed by atoms with Crippen LogP contribution in [0.25, 0.3) is 6.08 Å². The van der Waals surface area contributed by atoms with Gasteiger partial charge in [0.15, 0.2) is 0 Å². The molecule has 0 spiro atoms. The Hall–Kier alpha value is -4.59. The van der Waals surface area contributed by atoms with Crippen molar-refractivity contribution in [3.05, 3.63) is 102 Å². The van der Waals surface area contributed by atoms with E-state index in [9.17, 15) is 14.4 Å². The van der Waals surface area contributed by atoms with Gasteiger partial charge in [-0.3, -0.25) is 14.4 Å². The lowest BCUT2D eigenvalue weighted by atomic mass is 10.0. The predicted octanol–water partition coefficient (Wildman–Crippen LogP) is 4.52. The lowest BCUT2D eigenvalue weighted by Gasteiger charge is -2.18. The van der Waals surface area contributed by atoms with Gasteiger partial charge in [0.1, 0.15) is 17.5 Å². The molecule has 2 amide bonds. The molecular formula is C33H38N2O6. The zero-order chi connectivity index (χ0) is 29.3. The molecule has 8 heteroatoms. The first kappa shape index (κ1) is 30.9. The fraction of sp³-hybridized carbons (Fsp3) is 0.303. The average Bonchev–Trinajstić information content (AvgIpc) is 2.99. The van der Waals surface area contributed by atoms with Crippen LogP contribution in [0.5, 0.6) is 11.5 Å². The zero-order valence-electron chi connectivity index (χ0n) is 23.6. The van der Waals surface area contributed by atoms with E-state index in [2.05, 4.69) is 10.6 Å². The van der Waals surface area contributed by atoms with Gasteiger partial charge in [0.25, 0.3) is 0 Å². The summed E-state index contributed by atoms with van der Waals surface area (Å²) < 4.78 is 15.8. The average molecular weight is 559 g/mol. The van der Waals surface area contributed by atoms with Crippen molar-refractivity contribution in [3.63, 3.8) is 0 Å². The topological polar surface area (TPSA) is 103 Å². The number of carbonyl (C=O) groups is 3. The molecular weight excluding hydrogens is 520 g/mol. The van der Waals surface area contributed by atoms with Gasteiger partial charge in [0.05, 0.1) is 20.3 Å². The summed E-state index contributed by atoms with van der Waals surface area (Å²) in [5, 5.41) is 5.80. The summed E-state index contributed by atoms with van der Waals surface area (Å²) in [5.74, 6) is 0.579. The van der Waals surface area contributed by atoms with Crippen molar-refractivity contribution in [2.45, 2.75) is 38.6 Å². The molecule has 0 fully saturated rings. The van der Waals surface area contributed by atoms with E-state index < -0.39 is 6.04 Å². The van der Waals surface area contributed by atoms with Crippen LogP contribution in [0, 0.1) is 0 Å². The number of ether oxygens (including phenoxy) is 3. The number of hydrogen-bond donors (Lipinski definition) is 2. The minimum absolute atomic E-state index is 0.236. The monoisotopic (exact) mass is 558 g/mol. The molecule has 0 aliphatic rings. The highest BCUT2D eigenvalue weighted by molar-refractivity contribution is 5.95. The van der Waals surface area contributed by atoms with Gasteiger partial charge in [0, 0.05) is 25.5 Å². The molecule has 1 atom stereocenters. The van der Waals surface area contributed by atoms with Crippen molar-refractivity contribution in [3.8, 4) is 11.5 Å². The molecule has 3 aromatic rings. The molecule has 0 aromatic heterocycles. The Morgan fingerprint density at radius 2 is 1.56 bits per heavy atom. The maximum absolute atomic E-state index is 13.2. The predicted molar refractivity (Wildman–Crippen MR) is 159 cm³/mol. The first-order valence-electron chi connectivity index (χ1n) is 13.8. The number of carbonyl (C=O) groups excluding carboxylic acids is 3. The molecule has 0 saturated heterocycles. The molecule has 41 heavy (non-hydrogen) atoms. The molecule has 0 radical (unpaired) electrons. The van der Waals surface area contributed by atoms with E-state index in [1.807, 2.05) is 78.9 Å². The maximum atomic E-state index is 13.2. The zero-order valence-corrected chi connectivity index (χ0v) is 23.6. The van der Waals surface area contributed by atoms with Crippen LogP contribution < -0.4 is 20.1 Å². The highest BCUT2D eigenvalue weighted by Crippen LogP contribution is 2.15. The Balaban J connectivity index is 1.58. The fourth-order valence-electron chi connectivity index (χ4n) is 4.01. The third-order valence-electron chi connectivity index (χ3n) is 6.19. The van der Waals surface area contributed by atoms with E-state index in [0.29, 0.717) is 51.2 Å². The fourth-order valence-corrected chi connectivity index (χ4v) is 4.01. The van der Waals surface area contributed by atoms with Crippen molar-refractivity contribution >= 4 is 23.9 Å². The quantitative estimate of drug-likeness (QED) is 0.152. The number of esters is 1. The van der Waals surface area contributed by atoms with Gasteiger partial charge in [-0.2, -0.15) is 0 Å². The second-order valence-corrected chi connectivity index (χ2v) is 9.30. The second-order valence-electron chi connectivity index (χ2n) is 9.30. The summed E-state index contributed by atoms with van der Waals surface area (Å²) in [7, 11) is 1.62. The molecule has 0 aliphatic carbocycles. The third kappa shape index (κ3) is 11.6. The molecule has 2 N–H and O–H groups in total. The van der Waals surface area contributed by atoms with Gasteiger partial charge in [-0.05, 0) is 66.8 Å². The normalized spacial score (nSPS) is 11.5. The molecule has 0 bridgehead atoms. The summed E-state index contributed by atoms with van der Waals surface area (Å²) in [6, 6.07) is 23.8. The Labute approximate surface area is 241 Å². The van der Waals surface area contributed by atoms with E-state index in [1.165, 1.54) is 6.08 Å². The highest BCUT2D eigenvalue weighted by atomic mass is 16.5. The first-order chi connectivity index (χ1) is 20.0. The summed E-state index contributed by atoms with van der Waals surface area (Å²) in [4.78, 5) is 37.3. The molecule has 3 rings (SSSR count). The Morgan fingerprint density at radius 3 is 2.24 bits per heavy atom. The van der Waals surface area contributed by atoms with Crippen LogP contribution in [0.1, 0.15) is 36.5 Å². The van der Waals surface area contributed by atoms with Crippen molar-refractivity contribution in [2.75, 3.05) is 26.9 Å². The standard InChI is InChI=1S/C33H38N2O6/c1-3-40-32(37)10-7-23-41-29-18-13-27(14-19-29)24-30(35-31(36)20-15-25-8-5-4-6-9-25)33(38)34-22-21-26-11-16-28(39-2)17-12-26/h4-6,8-9,11-20,30H,3,7,10,21-24H2,1-2H3,(H,34,38)(H,35,36)/b20-15+/t30-/m0/s1. The van der Waals surface area contributed by atoms with Gasteiger partial charge in [-0.1, -0.05) is 54.6 Å². The Kier molecular flexibility index (Phi) is 13.0. The summed E-state index contributed by atoms with van der Waals surface area (Å²) in [5.41, 5.74) is 2.82. The van der Waals surface area contributed by atoms with Gasteiger partial charge < -0.3 is 24.8 Å². The molecule has 216 valence electrons. The van der Waals surface area contributed by atoms with Crippen molar-refractivity contribution in [2.24, 2.45) is 0 Å². The second kappa shape index (κ2) is 17.2. The molecule has 0 heterocycles. The van der Waals surface area contributed by atoms with Crippen molar-refractivity contribution in [1.82, 2.24) is 10.6 Å². The number of amides is 2. The largest absolute Gasteiger partial charge is 0.497 e. The van der Waals surface area contributed by atoms with Crippen LogP contribution >= 0.6 is 0 Å². The first-order valence-corrected chi connectivity index (χ1v) is 13.8. The lowest BCUT2D eigenvalue weighted by molar-refractivity contribution is -0.143. The molecule has 0 unspecified atom stereocenters. The maximum Gasteiger partial charge on any atom is 0.305 e. The third-order valence-corrected chi connectivity index (χ3v) is 6.19. The van der Waals surface area contributed by atoms with Gasteiger partial charge >= 0.3 is 5.97 Å². The van der Waals surface area contributed by atoms with E-state index in [0.717, 1.165) is 22.4 Å². The van der Waals surface area contributed by atoms with E-state index in [-0.39, 0.29) is 17.8 Å². The Morgan fingerprint density at radius 1 is 0.878 bits per heavy atom. The smallest absolute Gasteiger partial charge is 0.305 e. The van der Waals surface area contributed by atoms with Crippen LogP contribution in [0.3, 0.4) is 0 Å². The SMILES string of the molecule is CCOC(=O)CCCOc1ccc(C[C@H](NC(=O)/C=C/c2ccccc2)C(=O)NCCc2ccc(OC)cc2)cc1. The van der Waals surface area contributed by atoms with Crippen LogP contribution in [0.4, 0.5) is 0 Å². The summed E-state index contributed by atoms with van der Waals surface area (Å²) in [6.45, 7) is 2.96. The number of hydrogen-bond acceptors (Lipinski definition) is 6. The lowest BCUT2D eigenvalue weighted by Crippen LogP contribution is -2.48. The van der Waals surface area contributed by atoms with Gasteiger partial charge in [-0.15, -0.1) is 0 Å². The summed E-state index contributed by atoms with van der Waals surface area (Å²) >= 11 is 0. The van der Waals surface area contributed by atoms with Crippen LogP contribution in [-0.2, 0) is 32.0 Å². The number of nitrogens with one attached hydrogen (secondary N) is 2. The number of benzene rings is 3. The molecule has 3 aromatic carbocycles. The number of methoxy groups -OCH3 is 1. The number of rotatable bonds is 16. The molecule has 8 nitrogen and oxygen atoms in total.